The highest BCUT2D eigenvalue weighted by atomic mass is 32.2. The van der Waals surface area contributed by atoms with E-state index >= 15 is 0 Å². The van der Waals surface area contributed by atoms with Crippen LogP contribution in [0.4, 0.5) is 13.2 Å². The fourth-order valence-electron chi connectivity index (χ4n) is 1.48. The number of alkyl halides is 3. The van der Waals surface area contributed by atoms with Crippen molar-refractivity contribution in [3.05, 3.63) is 53.2 Å². The second-order valence-corrected chi connectivity index (χ2v) is 4.96. The summed E-state index contributed by atoms with van der Waals surface area (Å²) in [6.45, 7) is 0. The van der Waals surface area contributed by atoms with Crippen LogP contribution in [0.5, 0.6) is 0 Å². The van der Waals surface area contributed by atoms with Crippen LogP contribution >= 0.6 is 11.8 Å². The van der Waals surface area contributed by atoms with Gasteiger partial charge in [0.05, 0.1) is 5.56 Å². The van der Waals surface area contributed by atoms with Gasteiger partial charge < -0.3 is 4.57 Å². The molecular formula is C13H10F3N3OS. The van der Waals surface area contributed by atoms with Gasteiger partial charge in [-0.25, -0.2) is 0 Å². The molecule has 2 aromatic rings. The molecule has 0 aliphatic rings. The molecule has 2 rings (SSSR count). The second kappa shape index (κ2) is 6.13. The van der Waals surface area contributed by atoms with Gasteiger partial charge in [0.1, 0.15) is 6.33 Å². The Morgan fingerprint density at radius 3 is 2.76 bits per heavy atom. The van der Waals surface area contributed by atoms with Gasteiger partial charge in [-0.15, -0.1) is 10.2 Å². The number of aromatic nitrogens is 3. The van der Waals surface area contributed by atoms with E-state index in [1.165, 1.54) is 29.9 Å². The van der Waals surface area contributed by atoms with Crippen molar-refractivity contribution < 1.29 is 18.0 Å². The van der Waals surface area contributed by atoms with E-state index in [1.807, 2.05) is 0 Å². The topological polar surface area (TPSA) is 47.8 Å². The maximum absolute atomic E-state index is 12.6. The van der Waals surface area contributed by atoms with Gasteiger partial charge in [0.25, 0.3) is 0 Å². The third-order valence-corrected chi connectivity index (χ3v) is 3.39. The Kier molecular flexibility index (Phi) is 4.46. The van der Waals surface area contributed by atoms with Gasteiger partial charge >= 0.3 is 6.18 Å². The Bertz CT molecular complexity index is 679. The van der Waals surface area contributed by atoms with Gasteiger partial charge in [-0.05, 0) is 23.6 Å². The molecule has 1 aromatic carbocycles. The van der Waals surface area contributed by atoms with Crippen molar-refractivity contribution in [3.63, 3.8) is 0 Å². The molecular weight excluding hydrogens is 303 g/mol. The average molecular weight is 313 g/mol. The summed E-state index contributed by atoms with van der Waals surface area (Å²) in [5.41, 5.74) is -0.859. The first-order chi connectivity index (χ1) is 9.88. The minimum atomic E-state index is -4.46. The molecule has 0 saturated heterocycles. The number of hydrogen-bond acceptors (Lipinski definition) is 4. The van der Waals surface area contributed by atoms with Crippen LogP contribution in [0.1, 0.15) is 15.9 Å². The maximum Gasteiger partial charge on any atom is 0.416 e. The molecule has 8 heteroatoms. The number of carbonyl (C=O) groups is 1. The third-order valence-electron chi connectivity index (χ3n) is 2.54. The third kappa shape index (κ3) is 3.94. The number of hydrogen-bond donors (Lipinski definition) is 0. The lowest BCUT2D eigenvalue weighted by Gasteiger charge is -2.06. The van der Waals surface area contributed by atoms with E-state index in [4.69, 9.17) is 0 Å². The van der Waals surface area contributed by atoms with Crippen LogP contribution in [0.15, 0.2) is 47.2 Å². The molecule has 0 spiro atoms. The first-order valence-corrected chi connectivity index (χ1v) is 6.64. The summed E-state index contributed by atoms with van der Waals surface area (Å²) in [7, 11) is 1.74. The van der Waals surface area contributed by atoms with Crippen molar-refractivity contribution in [1.82, 2.24) is 14.8 Å². The van der Waals surface area contributed by atoms with Gasteiger partial charge in [0.2, 0.25) is 0 Å². The molecule has 0 aliphatic carbocycles. The molecule has 0 amide bonds. The molecule has 110 valence electrons. The zero-order valence-electron chi connectivity index (χ0n) is 10.8. The van der Waals surface area contributed by atoms with E-state index in [9.17, 15) is 18.0 Å². The monoisotopic (exact) mass is 313 g/mol. The summed E-state index contributed by atoms with van der Waals surface area (Å²) < 4.78 is 39.3. The van der Waals surface area contributed by atoms with Gasteiger partial charge in [-0.3, -0.25) is 4.79 Å². The van der Waals surface area contributed by atoms with E-state index in [0.29, 0.717) is 5.16 Å². The van der Waals surface area contributed by atoms with Crippen molar-refractivity contribution in [2.24, 2.45) is 7.05 Å². The number of rotatable bonds is 4. The molecule has 0 aliphatic heterocycles. The second-order valence-electron chi connectivity index (χ2n) is 4.09. The molecule has 1 heterocycles. The van der Waals surface area contributed by atoms with Crippen LogP contribution in [-0.4, -0.2) is 20.5 Å². The number of halogens is 3. The van der Waals surface area contributed by atoms with Gasteiger partial charge in [-0.1, -0.05) is 23.9 Å². The molecule has 0 N–H and O–H groups in total. The van der Waals surface area contributed by atoms with Crippen molar-refractivity contribution >= 4 is 17.5 Å². The van der Waals surface area contributed by atoms with Crippen molar-refractivity contribution in [2.45, 2.75) is 11.3 Å². The highest BCUT2D eigenvalue weighted by Crippen LogP contribution is 2.29. The molecule has 1 aromatic heterocycles. The fraction of sp³-hybridized carbons (Fsp3) is 0.154. The van der Waals surface area contributed by atoms with Crippen LogP contribution < -0.4 is 0 Å². The Labute approximate surface area is 122 Å². The highest BCUT2D eigenvalue weighted by molar-refractivity contribution is 8.02. The van der Waals surface area contributed by atoms with Gasteiger partial charge in [0, 0.05) is 12.6 Å². The predicted molar refractivity (Wildman–Crippen MR) is 71.8 cm³/mol. The van der Waals surface area contributed by atoms with Crippen LogP contribution in [0.2, 0.25) is 0 Å². The predicted octanol–water partition coefficient (Wildman–Crippen LogP) is 3.32. The molecule has 0 bridgehead atoms. The normalized spacial score (nSPS) is 12.0. The lowest BCUT2D eigenvalue weighted by atomic mass is 10.1. The van der Waals surface area contributed by atoms with Crippen LogP contribution in [0.3, 0.4) is 0 Å². The fourth-order valence-corrected chi connectivity index (χ4v) is 2.10. The zero-order chi connectivity index (χ0) is 15.5. The minimum Gasteiger partial charge on any atom is -0.312 e. The van der Waals surface area contributed by atoms with E-state index in [-0.39, 0.29) is 5.56 Å². The first kappa shape index (κ1) is 15.3. The summed E-state index contributed by atoms with van der Waals surface area (Å²) in [6, 6.07) is 4.31. The number of ketones is 1. The van der Waals surface area contributed by atoms with E-state index in [1.54, 1.807) is 11.6 Å². The van der Waals surface area contributed by atoms with E-state index < -0.39 is 17.5 Å². The lowest BCUT2D eigenvalue weighted by Crippen LogP contribution is -2.06. The number of allylic oxidation sites excluding steroid dienone is 1. The van der Waals surface area contributed by atoms with Gasteiger partial charge in [-0.2, -0.15) is 13.2 Å². The summed E-state index contributed by atoms with van der Waals surface area (Å²) in [5.74, 6) is -0.504. The molecule has 0 radical (unpaired) electrons. The van der Waals surface area contributed by atoms with E-state index in [0.717, 1.165) is 23.9 Å². The van der Waals surface area contributed by atoms with Crippen LogP contribution in [0.25, 0.3) is 0 Å². The van der Waals surface area contributed by atoms with Crippen molar-refractivity contribution in [3.8, 4) is 0 Å². The minimum absolute atomic E-state index is 0.0142. The largest absolute Gasteiger partial charge is 0.416 e. The lowest BCUT2D eigenvalue weighted by molar-refractivity contribution is -0.137. The summed E-state index contributed by atoms with van der Waals surface area (Å²) in [6.07, 6.45) is -1.76. The Hall–Kier alpha value is -2.09. The summed E-state index contributed by atoms with van der Waals surface area (Å²) in [4.78, 5) is 11.8. The molecule has 0 unspecified atom stereocenters. The standard InChI is InChI=1S/C13H10F3N3OS/c1-19-8-17-18-12(19)21-6-5-11(20)9-3-2-4-10(7-9)13(14,15)16/h2-8H,1H3/b6-5+. The SMILES string of the molecule is Cn1cnnc1S/C=C/C(=O)c1cccc(C(F)(F)F)c1. The maximum atomic E-state index is 12.6. The Balaban J connectivity index is 2.08. The number of benzene rings is 1. The van der Waals surface area contributed by atoms with Crippen molar-refractivity contribution in [1.29, 1.82) is 0 Å². The quantitative estimate of drug-likeness (QED) is 0.493. The molecule has 0 saturated carbocycles. The van der Waals surface area contributed by atoms with Crippen LogP contribution in [0, 0.1) is 0 Å². The first-order valence-electron chi connectivity index (χ1n) is 5.77. The number of nitrogens with zero attached hydrogens (tertiary/aromatic N) is 3. The Morgan fingerprint density at radius 2 is 2.14 bits per heavy atom. The highest BCUT2D eigenvalue weighted by Gasteiger charge is 2.30. The smallest absolute Gasteiger partial charge is 0.312 e. The van der Waals surface area contributed by atoms with Crippen molar-refractivity contribution in [2.75, 3.05) is 0 Å². The summed E-state index contributed by atoms with van der Waals surface area (Å²) in [5, 5.41) is 9.50. The number of aryl methyl sites for hydroxylation is 1. The van der Waals surface area contributed by atoms with Gasteiger partial charge in [0.15, 0.2) is 10.9 Å². The van der Waals surface area contributed by atoms with Crippen LogP contribution in [-0.2, 0) is 13.2 Å². The Morgan fingerprint density at radius 1 is 1.38 bits per heavy atom. The summed E-state index contributed by atoms with van der Waals surface area (Å²) >= 11 is 1.15. The molecule has 0 fully saturated rings. The number of carbonyl (C=O) groups excluding carboxylic acids is 1. The molecule has 4 nitrogen and oxygen atoms in total. The van der Waals surface area contributed by atoms with E-state index in [2.05, 4.69) is 10.2 Å². The number of thioether (sulfide) groups is 1. The molecule has 0 atom stereocenters. The zero-order valence-corrected chi connectivity index (χ0v) is 11.6. The average Bonchev–Trinajstić information content (AvgIpc) is 2.83. The molecule has 21 heavy (non-hydrogen) atoms.